The minimum atomic E-state index is -5.61. The number of hydrogen-bond donors (Lipinski definition) is 1. The molecule has 1 amide bonds. The topological polar surface area (TPSA) is 102 Å². The summed E-state index contributed by atoms with van der Waals surface area (Å²) in [6.45, 7) is -1.31. The second-order valence-corrected chi connectivity index (χ2v) is 10.6. The molecule has 0 unspecified atom stereocenters. The van der Waals surface area contributed by atoms with E-state index in [1.165, 1.54) is 12.1 Å². The number of nitrogens with one attached hydrogen (secondary N) is 1. The first-order valence-electron chi connectivity index (χ1n) is 11.6. The summed E-state index contributed by atoms with van der Waals surface area (Å²) < 4.78 is 144. The van der Waals surface area contributed by atoms with E-state index in [0.29, 0.717) is 12.0 Å². The number of piperidine rings is 1. The number of allylic oxidation sites excluding steroid dienone is 1. The Kier molecular flexibility index (Phi) is 10.4. The molecule has 0 saturated carbocycles. The fourth-order valence-electron chi connectivity index (χ4n) is 4.13. The van der Waals surface area contributed by atoms with Gasteiger partial charge < -0.3 is 14.2 Å². The van der Waals surface area contributed by atoms with Crippen molar-refractivity contribution < 1.29 is 66.4 Å². The van der Waals surface area contributed by atoms with E-state index in [4.69, 9.17) is 0 Å². The highest BCUT2D eigenvalue weighted by Gasteiger charge is 2.61. The van der Waals surface area contributed by atoms with E-state index in [-0.39, 0.29) is 5.76 Å². The number of ether oxygens (including phenoxy) is 1. The summed E-state index contributed by atoms with van der Waals surface area (Å²) in [5.41, 5.74) is -6.16. The van der Waals surface area contributed by atoms with Crippen molar-refractivity contribution in [1.29, 1.82) is 0 Å². The summed E-state index contributed by atoms with van der Waals surface area (Å²) in [5.74, 6) is -2.61. The van der Waals surface area contributed by atoms with Gasteiger partial charge in [-0.25, -0.2) is 0 Å². The maximum atomic E-state index is 13.3. The van der Waals surface area contributed by atoms with Crippen LogP contribution >= 0.6 is 0 Å². The quantitative estimate of drug-likeness (QED) is 0.218. The molecule has 0 bridgehead atoms. The Hall–Kier alpha value is -3.02. The van der Waals surface area contributed by atoms with Gasteiger partial charge in [-0.15, -0.1) is 0 Å². The normalized spacial score (nSPS) is 17.5. The number of esters is 1. The van der Waals surface area contributed by atoms with E-state index in [2.05, 4.69) is 8.92 Å². The van der Waals surface area contributed by atoms with Gasteiger partial charge in [-0.05, 0) is 56.5 Å². The predicted octanol–water partition coefficient (Wildman–Crippen LogP) is 4.24. The minimum Gasteiger partial charge on any atom is -0.468 e. The molecular weight excluding hydrogens is 603 g/mol. The van der Waals surface area contributed by atoms with Crippen LogP contribution in [0.5, 0.6) is 0 Å². The van der Waals surface area contributed by atoms with Gasteiger partial charge in [0.1, 0.15) is 17.7 Å². The molecule has 41 heavy (non-hydrogen) atoms. The number of carbonyl (C=O) groups is 2. The van der Waals surface area contributed by atoms with E-state index >= 15 is 0 Å². The highest BCUT2D eigenvalue weighted by molar-refractivity contribution is 7.87. The van der Waals surface area contributed by atoms with Crippen LogP contribution in [0.15, 0.2) is 24.3 Å². The molecule has 1 aromatic carbocycles. The first-order chi connectivity index (χ1) is 18.6. The highest BCUT2D eigenvalue weighted by atomic mass is 32.2. The lowest BCUT2D eigenvalue weighted by Gasteiger charge is -2.41. The van der Waals surface area contributed by atoms with Crippen molar-refractivity contribution in [2.24, 2.45) is 5.41 Å². The molecule has 0 atom stereocenters. The molecule has 1 aliphatic carbocycles. The van der Waals surface area contributed by atoms with E-state index in [1.807, 2.05) is 5.32 Å². The molecule has 3 rings (SSSR count). The van der Waals surface area contributed by atoms with Gasteiger partial charge in [0, 0.05) is 5.56 Å². The maximum absolute atomic E-state index is 13.3. The third-order valence-electron chi connectivity index (χ3n) is 6.36. The zero-order chi connectivity index (χ0) is 31.4. The van der Waals surface area contributed by atoms with Gasteiger partial charge in [-0.2, -0.15) is 47.9 Å². The van der Waals surface area contributed by atoms with Crippen molar-refractivity contribution in [3.63, 3.8) is 0 Å². The number of likely N-dealkylation sites (tertiary alicyclic amines) is 1. The number of rotatable bonds is 6. The lowest BCUT2D eigenvalue weighted by Crippen LogP contribution is -2.57. The first-order valence-corrected chi connectivity index (χ1v) is 13.0. The van der Waals surface area contributed by atoms with Gasteiger partial charge >= 0.3 is 33.9 Å². The first kappa shape index (κ1) is 34.2. The lowest BCUT2D eigenvalue weighted by atomic mass is 9.76. The highest BCUT2D eigenvalue weighted by Crippen LogP contribution is 2.46. The summed E-state index contributed by atoms with van der Waals surface area (Å²) in [7, 11) is -4.60. The van der Waals surface area contributed by atoms with Crippen LogP contribution in [0, 0.1) is 12.3 Å². The fraction of sp³-hybridized carbons (Fsp3) is 0.565. The smallest absolute Gasteiger partial charge is 0.468 e. The molecule has 0 spiro atoms. The number of methoxy groups -OCH3 is 1. The summed E-state index contributed by atoms with van der Waals surface area (Å²) >= 11 is 0. The van der Waals surface area contributed by atoms with E-state index in [9.17, 15) is 57.5 Å². The number of alkyl halides is 9. The van der Waals surface area contributed by atoms with Crippen LogP contribution < -0.4 is 5.32 Å². The summed E-state index contributed by atoms with van der Waals surface area (Å²) in [5, 5.41) is 1.84. The van der Waals surface area contributed by atoms with E-state index in [0.717, 1.165) is 23.1 Å². The molecule has 1 aromatic rings. The molecule has 1 saturated heterocycles. The van der Waals surface area contributed by atoms with Crippen LogP contribution in [0.25, 0.3) is 5.76 Å². The van der Waals surface area contributed by atoms with Crippen LogP contribution in [0.3, 0.4) is 0 Å². The number of amides is 1. The van der Waals surface area contributed by atoms with Crippen molar-refractivity contribution in [2.75, 3.05) is 33.3 Å². The van der Waals surface area contributed by atoms with Crippen molar-refractivity contribution >= 4 is 27.8 Å². The molecule has 0 radical (unpaired) electrons. The number of hydrogen-bond acceptors (Lipinski definition) is 7. The van der Waals surface area contributed by atoms with Crippen molar-refractivity contribution in [2.45, 2.75) is 44.0 Å². The standard InChI is InChI=1S/C12H16F6N2O3.C11H9F3O3S/c1-23-8(21)6-19-9(22)10(12(16,17)18)2-4-20(5-3-10)7-11(13,14)15;1-7-3-2-4-9-8(7)5-6-10(9)17-18(15,16)11(12,13)14/h2-7H2,1H3,(H,19,22);2-4,6H,5H2,1H3. The molecule has 0 aromatic heterocycles. The van der Waals surface area contributed by atoms with E-state index in [1.54, 1.807) is 19.1 Å². The molecule has 1 aliphatic heterocycles. The van der Waals surface area contributed by atoms with Gasteiger partial charge in [0.15, 0.2) is 0 Å². The second-order valence-electron chi connectivity index (χ2n) is 9.09. The maximum Gasteiger partial charge on any atom is 0.534 e. The molecule has 18 heteroatoms. The molecule has 1 N–H and O–H groups in total. The molecular formula is C23H25F9N2O6S. The number of halogens is 9. The average molecular weight is 629 g/mol. The van der Waals surface area contributed by atoms with Crippen LogP contribution in [0.1, 0.15) is 29.5 Å². The van der Waals surface area contributed by atoms with Crippen LogP contribution in [-0.4, -0.2) is 76.3 Å². The summed E-state index contributed by atoms with van der Waals surface area (Å²) in [6, 6.07) is 4.97. The molecule has 2 aliphatic rings. The van der Waals surface area contributed by atoms with Crippen molar-refractivity contribution in [3.05, 3.63) is 41.0 Å². The largest absolute Gasteiger partial charge is 0.534 e. The second kappa shape index (κ2) is 12.5. The summed E-state index contributed by atoms with van der Waals surface area (Å²) in [4.78, 5) is 23.6. The van der Waals surface area contributed by atoms with Gasteiger partial charge in [0.05, 0.1) is 13.7 Å². The predicted molar refractivity (Wildman–Crippen MR) is 124 cm³/mol. The third-order valence-corrected chi connectivity index (χ3v) is 7.33. The fourth-order valence-corrected chi connectivity index (χ4v) is 4.62. The monoisotopic (exact) mass is 628 g/mol. The van der Waals surface area contributed by atoms with E-state index < -0.39 is 84.3 Å². The third kappa shape index (κ3) is 8.50. The zero-order valence-corrected chi connectivity index (χ0v) is 22.3. The molecule has 1 heterocycles. The Bertz CT molecular complexity index is 1250. The Morgan fingerprint density at radius 1 is 1.02 bits per heavy atom. The molecule has 232 valence electrons. The van der Waals surface area contributed by atoms with Crippen LogP contribution in [0.4, 0.5) is 39.5 Å². The average Bonchev–Trinajstić information content (AvgIpc) is 3.24. The summed E-state index contributed by atoms with van der Waals surface area (Å²) in [6.07, 6.45) is -9.37. The molecule has 8 nitrogen and oxygen atoms in total. The number of aryl methyl sites for hydroxylation is 1. The van der Waals surface area contributed by atoms with Crippen molar-refractivity contribution in [3.8, 4) is 0 Å². The van der Waals surface area contributed by atoms with Gasteiger partial charge in [0.25, 0.3) is 0 Å². The van der Waals surface area contributed by atoms with Gasteiger partial charge in [-0.1, -0.05) is 18.2 Å². The van der Waals surface area contributed by atoms with Gasteiger partial charge in [-0.3, -0.25) is 14.5 Å². The zero-order valence-electron chi connectivity index (χ0n) is 21.5. The number of fused-ring (bicyclic) bond motifs is 1. The van der Waals surface area contributed by atoms with Crippen LogP contribution in [0.2, 0.25) is 0 Å². The Morgan fingerprint density at radius 2 is 1.61 bits per heavy atom. The number of carbonyl (C=O) groups excluding carboxylic acids is 2. The number of benzene rings is 1. The van der Waals surface area contributed by atoms with Crippen LogP contribution in [-0.2, 0) is 35.0 Å². The SMILES string of the molecule is COC(=O)CNC(=O)C1(C(F)(F)F)CCN(CC(F)(F)F)CC1.Cc1cccc2c1CC=C2OS(=O)(=O)C(F)(F)F. The number of nitrogens with zero attached hydrogens (tertiary/aromatic N) is 1. The Labute approximate surface area is 228 Å². The van der Waals surface area contributed by atoms with Crippen molar-refractivity contribution in [1.82, 2.24) is 10.2 Å². The minimum absolute atomic E-state index is 0.258. The van der Waals surface area contributed by atoms with Gasteiger partial charge in [0.2, 0.25) is 5.91 Å². The lowest BCUT2D eigenvalue weighted by molar-refractivity contribution is -0.236. The Morgan fingerprint density at radius 3 is 2.10 bits per heavy atom. The Balaban J connectivity index is 0.000000295. The molecule has 1 fully saturated rings.